The number of aromatic carboxylic acids is 1. The van der Waals surface area contributed by atoms with Gasteiger partial charge >= 0.3 is 5.97 Å². The van der Waals surface area contributed by atoms with E-state index in [2.05, 4.69) is 0 Å². The number of amides is 1. The molecule has 4 rings (SSSR count). The van der Waals surface area contributed by atoms with Crippen LogP contribution in [0.1, 0.15) is 22.3 Å². The van der Waals surface area contributed by atoms with Crippen molar-refractivity contribution in [2.45, 2.75) is 12.8 Å². The zero-order valence-corrected chi connectivity index (χ0v) is 14.6. The van der Waals surface area contributed by atoms with Gasteiger partial charge in [-0.1, -0.05) is 12.1 Å². The molecule has 0 aliphatic carbocycles. The third-order valence-corrected chi connectivity index (χ3v) is 5.42. The Morgan fingerprint density at radius 3 is 2.65 bits per heavy atom. The van der Waals surface area contributed by atoms with Crippen LogP contribution in [0.4, 0.5) is 17.1 Å². The number of hydrogen-bond donors (Lipinski definition) is 2. The fourth-order valence-corrected chi connectivity index (χ4v) is 3.95. The first-order valence-electron chi connectivity index (χ1n) is 8.17. The highest BCUT2D eigenvalue weighted by Gasteiger charge is 2.28. The molecule has 5 nitrogen and oxygen atoms in total. The van der Waals surface area contributed by atoms with Crippen molar-refractivity contribution in [2.75, 3.05) is 10.6 Å². The highest BCUT2D eigenvalue weighted by Crippen LogP contribution is 2.40. The number of benzene rings is 2. The van der Waals surface area contributed by atoms with E-state index in [1.807, 2.05) is 29.6 Å². The van der Waals surface area contributed by atoms with Crippen molar-refractivity contribution in [3.05, 3.63) is 65.0 Å². The molecule has 26 heavy (non-hydrogen) atoms. The summed E-state index contributed by atoms with van der Waals surface area (Å²) in [5.74, 6) is -1.02. The molecule has 0 atom stereocenters. The standard InChI is InChI=1S/C20H16N2O3S/c21-15-6-3-13(18-2-1-9-26-18)11-17(15)22-16-7-4-14(20(24)25)10-12(16)5-8-19(22)23/h1-4,6-7,9-11H,5,8,21H2,(H,24,25). The van der Waals surface area contributed by atoms with Crippen molar-refractivity contribution in [1.82, 2.24) is 0 Å². The highest BCUT2D eigenvalue weighted by molar-refractivity contribution is 7.13. The summed E-state index contributed by atoms with van der Waals surface area (Å²) in [7, 11) is 0. The molecule has 2 aromatic carbocycles. The van der Waals surface area contributed by atoms with E-state index in [4.69, 9.17) is 5.73 Å². The molecule has 0 radical (unpaired) electrons. The van der Waals surface area contributed by atoms with Crippen LogP contribution in [0.25, 0.3) is 10.4 Å². The average Bonchev–Trinajstić information content (AvgIpc) is 3.17. The molecule has 1 amide bonds. The second kappa shape index (κ2) is 6.31. The van der Waals surface area contributed by atoms with E-state index in [9.17, 15) is 14.7 Å². The van der Waals surface area contributed by atoms with Crippen LogP contribution in [0.2, 0.25) is 0 Å². The first-order chi connectivity index (χ1) is 12.5. The summed E-state index contributed by atoms with van der Waals surface area (Å²) in [6, 6.07) is 14.5. The molecule has 2 heterocycles. The third kappa shape index (κ3) is 2.74. The van der Waals surface area contributed by atoms with Gasteiger partial charge < -0.3 is 10.8 Å². The maximum Gasteiger partial charge on any atom is 0.335 e. The van der Waals surface area contributed by atoms with Gasteiger partial charge in [0.05, 0.1) is 22.6 Å². The highest BCUT2D eigenvalue weighted by atomic mass is 32.1. The molecule has 0 fully saturated rings. The Morgan fingerprint density at radius 1 is 1.08 bits per heavy atom. The molecule has 1 aliphatic rings. The quantitative estimate of drug-likeness (QED) is 0.679. The van der Waals surface area contributed by atoms with Crippen LogP contribution in [0, 0.1) is 0 Å². The van der Waals surface area contributed by atoms with E-state index in [0.29, 0.717) is 29.9 Å². The second-order valence-electron chi connectivity index (χ2n) is 6.13. The Morgan fingerprint density at radius 2 is 1.92 bits per heavy atom. The zero-order chi connectivity index (χ0) is 18.3. The Bertz CT molecular complexity index is 1010. The monoisotopic (exact) mass is 364 g/mol. The van der Waals surface area contributed by atoms with Crippen molar-refractivity contribution in [3.8, 4) is 10.4 Å². The van der Waals surface area contributed by atoms with Gasteiger partial charge in [0.25, 0.3) is 0 Å². The maximum atomic E-state index is 12.7. The number of hydrogen-bond acceptors (Lipinski definition) is 4. The molecule has 6 heteroatoms. The van der Waals surface area contributed by atoms with Gasteiger partial charge in [-0.3, -0.25) is 9.69 Å². The van der Waals surface area contributed by atoms with Crippen LogP contribution in [0.5, 0.6) is 0 Å². The number of rotatable bonds is 3. The van der Waals surface area contributed by atoms with Crippen molar-refractivity contribution in [1.29, 1.82) is 0 Å². The van der Waals surface area contributed by atoms with Crippen molar-refractivity contribution >= 4 is 40.3 Å². The van der Waals surface area contributed by atoms with Crippen molar-refractivity contribution in [2.24, 2.45) is 0 Å². The van der Waals surface area contributed by atoms with Gasteiger partial charge in [-0.25, -0.2) is 4.79 Å². The summed E-state index contributed by atoms with van der Waals surface area (Å²) in [4.78, 5) is 26.6. The van der Waals surface area contributed by atoms with E-state index in [-0.39, 0.29) is 11.5 Å². The predicted molar refractivity (Wildman–Crippen MR) is 103 cm³/mol. The van der Waals surface area contributed by atoms with Crippen LogP contribution < -0.4 is 10.6 Å². The van der Waals surface area contributed by atoms with Crippen molar-refractivity contribution in [3.63, 3.8) is 0 Å². The SMILES string of the molecule is Nc1ccc(-c2cccs2)cc1N1C(=O)CCc2cc(C(=O)O)ccc21. The number of nitrogen functional groups attached to an aromatic ring is 1. The lowest BCUT2D eigenvalue weighted by Gasteiger charge is -2.31. The Labute approximate surface area is 154 Å². The van der Waals surface area contributed by atoms with Gasteiger partial charge in [-0.05, 0) is 59.3 Å². The van der Waals surface area contributed by atoms with E-state index in [0.717, 1.165) is 16.0 Å². The van der Waals surface area contributed by atoms with Crippen LogP contribution in [-0.4, -0.2) is 17.0 Å². The number of carbonyl (C=O) groups excluding carboxylic acids is 1. The van der Waals surface area contributed by atoms with Crippen LogP contribution >= 0.6 is 11.3 Å². The molecular weight excluding hydrogens is 348 g/mol. The fourth-order valence-electron chi connectivity index (χ4n) is 3.22. The summed E-state index contributed by atoms with van der Waals surface area (Å²) in [5, 5.41) is 11.2. The van der Waals surface area contributed by atoms with Crippen molar-refractivity contribution < 1.29 is 14.7 Å². The molecule has 1 aliphatic heterocycles. The smallest absolute Gasteiger partial charge is 0.335 e. The number of carbonyl (C=O) groups is 2. The number of nitrogens with zero attached hydrogens (tertiary/aromatic N) is 1. The van der Waals surface area contributed by atoms with Gasteiger partial charge in [0.15, 0.2) is 0 Å². The number of carboxylic acids is 1. The second-order valence-corrected chi connectivity index (χ2v) is 7.08. The number of anilines is 3. The predicted octanol–water partition coefficient (Wildman–Crippen LogP) is 4.31. The summed E-state index contributed by atoms with van der Waals surface area (Å²) >= 11 is 1.62. The first kappa shape index (κ1) is 16.4. The van der Waals surface area contributed by atoms with Gasteiger partial charge in [0.2, 0.25) is 5.91 Å². The zero-order valence-electron chi connectivity index (χ0n) is 13.8. The molecule has 0 saturated heterocycles. The number of nitrogens with two attached hydrogens (primary N) is 1. The molecule has 0 unspecified atom stereocenters. The summed E-state index contributed by atoms with van der Waals surface area (Å²) in [6.45, 7) is 0. The fraction of sp³-hybridized carbons (Fsp3) is 0.100. The normalized spacial score (nSPS) is 13.5. The van der Waals surface area contributed by atoms with Crippen LogP contribution in [0.15, 0.2) is 53.9 Å². The van der Waals surface area contributed by atoms with Gasteiger partial charge in [-0.2, -0.15) is 0 Å². The van der Waals surface area contributed by atoms with Gasteiger partial charge in [0.1, 0.15) is 0 Å². The van der Waals surface area contributed by atoms with Crippen LogP contribution in [-0.2, 0) is 11.2 Å². The summed E-state index contributed by atoms with van der Waals surface area (Å²) in [6.07, 6.45) is 0.842. The topological polar surface area (TPSA) is 83.6 Å². The minimum atomic E-state index is -0.976. The maximum absolute atomic E-state index is 12.7. The number of thiophene rings is 1. The molecule has 0 spiro atoms. The Balaban J connectivity index is 1.84. The van der Waals surface area contributed by atoms with Gasteiger partial charge in [-0.15, -0.1) is 11.3 Å². The summed E-state index contributed by atoms with van der Waals surface area (Å²) < 4.78 is 0. The molecule has 3 N–H and O–H groups in total. The lowest BCUT2D eigenvalue weighted by atomic mass is 9.97. The largest absolute Gasteiger partial charge is 0.478 e. The number of fused-ring (bicyclic) bond motifs is 1. The Kier molecular flexibility index (Phi) is 3.97. The minimum absolute atomic E-state index is 0.0457. The first-order valence-corrected chi connectivity index (χ1v) is 9.05. The molecule has 0 bridgehead atoms. The number of aryl methyl sites for hydroxylation is 1. The minimum Gasteiger partial charge on any atom is -0.478 e. The molecule has 1 aromatic heterocycles. The average molecular weight is 364 g/mol. The molecule has 0 saturated carbocycles. The summed E-state index contributed by atoms with van der Waals surface area (Å²) in [5.41, 5.74) is 10.1. The third-order valence-electron chi connectivity index (χ3n) is 4.50. The van der Waals surface area contributed by atoms with Crippen LogP contribution in [0.3, 0.4) is 0 Å². The Hall–Kier alpha value is -3.12. The molecule has 130 valence electrons. The lowest BCUT2D eigenvalue weighted by molar-refractivity contribution is -0.118. The van der Waals surface area contributed by atoms with E-state index in [1.165, 1.54) is 6.07 Å². The van der Waals surface area contributed by atoms with E-state index in [1.54, 1.807) is 34.4 Å². The van der Waals surface area contributed by atoms with Gasteiger partial charge in [0, 0.05) is 11.3 Å². The lowest BCUT2D eigenvalue weighted by Crippen LogP contribution is -2.31. The molecule has 3 aromatic rings. The van der Waals surface area contributed by atoms with E-state index >= 15 is 0 Å². The number of carboxylic acid groups (broad SMARTS) is 1. The van der Waals surface area contributed by atoms with E-state index < -0.39 is 5.97 Å². The molecular formula is C20H16N2O3S.